The van der Waals surface area contributed by atoms with Crippen LogP contribution in [0.4, 0.5) is 0 Å². The number of hydrogen-bond acceptors (Lipinski definition) is 5. The Kier molecular flexibility index (Phi) is 7.59. The van der Waals surface area contributed by atoms with Crippen LogP contribution >= 0.6 is 0 Å². The number of hydrogen-bond donors (Lipinski definition) is 0. The first-order chi connectivity index (χ1) is 16.7. The van der Waals surface area contributed by atoms with Gasteiger partial charge in [0.2, 0.25) is 0 Å². The van der Waals surface area contributed by atoms with Gasteiger partial charge in [-0.1, -0.05) is 72.8 Å². The molecule has 0 amide bonds. The van der Waals surface area contributed by atoms with Crippen molar-refractivity contribution in [2.75, 3.05) is 7.11 Å². The Hall–Kier alpha value is -4.51. The molecule has 4 aromatic rings. The van der Waals surface area contributed by atoms with Gasteiger partial charge in [-0.25, -0.2) is 4.79 Å². The molecular weight excluding hydrogens is 424 g/mol. The van der Waals surface area contributed by atoms with Crippen molar-refractivity contribution in [3.8, 4) is 5.75 Å². The Bertz CT molecular complexity index is 1220. The van der Waals surface area contributed by atoms with Gasteiger partial charge in [-0.05, 0) is 47.5 Å². The van der Waals surface area contributed by atoms with Crippen molar-refractivity contribution in [3.63, 3.8) is 0 Å². The minimum absolute atomic E-state index is 0.353. The molecule has 0 heterocycles. The molecule has 34 heavy (non-hydrogen) atoms. The van der Waals surface area contributed by atoms with E-state index >= 15 is 0 Å². The number of carbonyl (C=O) groups is 1. The average Bonchev–Trinajstić information content (AvgIpc) is 2.91. The molecule has 0 saturated carbocycles. The van der Waals surface area contributed by atoms with E-state index in [0.29, 0.717) is 12.2 Å². The Balaban J connectivity index is 1.41. The topological polar surface area (TPSA) is 60.2 Å². The predicted octanol–water partition coefficient (Wildman–Crippen LogP) is 5.92. The molecule has 0 bridgehead atoms. The summed E-state index contributed by atoms with van der Waals surface area (Å²) >= 11 is 0. The number of benzene rings is 4. The Morgan fingerprint density at radius 1 is 0.735 bits per heavy atom. The van der Waals surface area contributed by atoms with E-state index in [1.807, 2.05) is 97.1 Å². The molecule has 168 valence electrons. The lowest BCUT2D eigenvalue weighted by atomic mass is 10.0. The largest absolute Gasteiger partial charge is 0.489 e. The SMILES string of the molecule is COC(=O)c1ccc(COc2ccc(/C=N\N=C(c3ccccc3)c3ccccc3)cc2)cc1. The van der Waals surface area contributed by atoms with Crippen LogP contribution in [0.2, 0.25) is 0 Å². The van der Waals surface area contributed by atoms with E-state index in [9.17, 15) is 4.79 Å². The lowest BCUT2D eigenvalue weighted by Gasteiger charge is -2.07. The highest BCUT2D eigenvalue weighted by molar-refractivity contribution is 6.12. The second-order valence-corrected chi connectivity index (χ2v) is 7.47. The third-order valence-electron chi connectivity index (χ3n) is 5.12. The number of ether oxygens (including phenoxy) is 2. The molecule has 0 saturated heterocycles. The first kappa shape index (κ1) is 22.7. The van der Waals surface area contributed by atoms with Gasteiger partial charge < -0.3 is 9.47 Å². The number of rotatable bonds is 8. The zero-order valence-corrected chi connectivity index (χ0v) is 18.8. The average molecular weight is 449 g/mol. The molecule has 0 fully saturated rings. The molecule has 5 nitrogen and oxygen atoms in total. The van der Waals surface area contributed by atoms with E-state index < -0.39 is 0 Å². The van der Waals surface area contributed by atoms with Gasteiger partial charge in [-0.15, -0.1) is 5.10 Å². The number of esters is 1. The van der Waals surface area contributed by atoms with Crippen LogP contribution in [-0.4, -0.2) is 25.0 Å². The van der Waals surface area contributed by atoms with Gasteiger partial charge in [-0.2, -0.15) is 5.10 Å². The van der Waals surface area contributed by atoms with Crippen molar-refractivity contribution in [2.24, 2.45) is 10.2 Å². The maximum atomic E-state index is 11.5. The third kappa shape index (κ3) is 6.04. The summed E-state index contributed by atoms with van der Waals surface area (Å²) in [4.78, 5) is 11.5. The van der Waals surface area contributed by atoms with Gasteiger partial charge in [0.05, 0.1) is 18.9 Å². The molecule has 4 rings (SSSR count). The summed E-state index contributed by atoms with van der Waals surface area (Å²) in [7, 11) is 1.37. The molecule has 0 aliphatic rings. The molecule has 0 aliphatic heterocycles. The summed E-state index contributed by atoms with van der Waals surface area (Å²) in [6.07, 6.45) is 1.72. The Morgan fingerprint density at radius 2 is 1.32 bits per heavy atom. The van der Waals surface area contributed by atoms with Gasteiger partial charge in [0, 0.05) is 11.1 Å². The summed E-state index contributed by atoms with van der Waals surface area (Å²) in [5, 5.41) is 8.84. The highest BCUT2D eigenvalue weighted by atomic mass is 16.5. The highest BCUT2D eigenvalue weighted by Gasteiger charge is 2.06. The summed E-state index contributed by atoms with van der Waals surface area (Å²) in [6.45, 7) is 0.399. The third-order valence-corrected chi connectivity index (χ3v) is 5.12. The van der Waals surface area contributed by atoms with Crippen molar-refractivity contribution < 1.29 is 14.3 Å². The van der Waals surface area contributed by atoms with Crippen LogP contribution in [0.25, 0.3) is 0 Å². The molecule has 0 aromatic heterocycles. The summed E-state index contributed by atoms with van der Waals surface area (Å²) < 4.78 is 10.6. The molecule has 0 N–H and O–H groups in total. The molecule has 0 spiro atoms. The van der Waals surface area contributed by atoms with Crippen molar-refractivity contribution in [1.82, 2.24) is 0 Å². The van der Waals surface area contributed by atoms with Crippen LogP contribution in [0.1, 0.15) is 32.6 Å². The first-order valence-corrected chi connectivity index (χ1v) is 10.8. The minimum Gasteiger partial charge on any atom is -0.489 e. The number of methoxy groups -OCH3 is 1. The molecule has 4 aromatic carbocycles. The smallest absolute Gasteiger partial charge is 0.337 e. The van der Waals surface area contributed by atoms with Gasteiger partial charge in [0.1, 0.15) is 18.1 Å². The van der Waals surface area contributed by atoms with E-state index in [-0.39, 0.29) is 5.97 Å². The second-order valence-electron chi connectivity index (χ2n) is 7.47. The molecule has 0 atom stereocenters. The molecule has 0 radical (unpaired) electrons. The highest BCUT2D eigenvalue weighted by Crippen LogP contribution is 2.15. The molecule has 0 aliphatic carbocycles. The van der Waals surface area contributed by atoms with Gasteiger partial charge in [0.15, 0.2) is 0 Å². The van der Waals surface area contributed by atoms with E-state index in [0.717, 1.165) is 33.7 Å². The Labute approximate surface area is 199 Å². The van der Waals surface area contributed by atoms with Gasteiger partial charge in [0.25, 0.3) is 0 Å². The standard InChI is InChI=1S/C29H24N2O3/c1-33-29(32)26-16-12-23(13-17-26)21-34-27-18-14-22(15-19-27)20-30-31-28(24-8-4-2-5-9-24)25-10-6-3-7-11-25/h2-20H,21H2,1H3/b30-20-. The zero-order valence-electron chi connectivity index (χ0n) is 18.8. The fourth-order valence-electron chi connectivity index (χ4n) is 3.30. The maximum Gasteiger partial charge on any atom is 0.337 e. The van der Waals surface area contributed by atoms with Crippen LogP contribution in [0.5, 0.6) is 5.75 Å². The van der Waals surface area contributed by atoms with E-state index in [1.54, 1.807) is 18.3 Å². The number of carbonyl (C=O) groups excluding carboxylic acids is 1. The fraction of sp³-hybridized carbons (Fsp3) is 0.0690. The zero-order chi connectivity index (χ0) is 23.6. The lowest BCUT2D eigenvalue weighted by molar-refractivity contribution is 0.0600. The Morgan fingerprint density at radius 3 is 1.88 bits per heavy atom. The van der Waals surface area contributed by atoms with E-state index in [1.165, 1.54) is 7.11 Å². The van der Waals surface area contributed by atoms with Crippen LogP contribution < -0.4 is 4.74 Å². The van der Waals surface area contributed by atoms with Crippen molar-refractivity contribution in [1.29, 1.82) is 0 Å². The fourth-order valence-corrected chi connectivity index (χ4v) is 3.30. The predicted molar refractivity (Wildman–Crippen MR) is 135 cm³/mol. The summed E-state index contributed by atoms with van der Waals surface area (Å²) in [5.41, 5.74) is 5.22. The lowest BCUT2D eigenvalue weighted by Crippen LogP contribution is -2.02. The van der Waals surface area contributed by atoms with Crippen molar-refractivity contribution >= 4 is 17.9 Å². The van der Waals surface area contributed by atoms with Crippen molar-refractivity contribution in [3.05, 3.63) is 137 Å². The monoisotopic (exact) mass is 448 g/mol. The van der Waals surface area contributed by atoms with Gasteiger partial charge >= 0.3 is 5.97 Å². The van der Waals surface area contributed by atoms with E-state index in [2.05, 4.69) is 10.2 Å². The summed E-state index contributed by atoms with van der Waals surface area (Å²) in [6, 6.07) is 34.8. The van der Waals surface area contributed by atoms with Crippen LogP contribution in [0.15, 0.2) is 119 Å². The number of nitrogens with zero attached hydrogens (tertiary/aromatic N) is 2. The van der Waals surface area contributed by atoms with Gasteiger partial charge in [-0.3, -0.25) is 0 Å². The molecular formula is C29H24N2O3. The maximum absolute atomic E-state index is 11.5. The quantitative estimate of drug-likeness (QED) is 0.191. The normalized spacial score (nSPS) is 10.6. The van der Waals surface area contributed by atoms with Crippen LogP contribution in [0.3, 0.4) is 0 Å². The molecule has 5 heteroatoms. The van der Waals surface area contributed by atoms with Crippen LogP contribution in [-0.2, 0) is 11.3 Å². The van der Waals surface area contributed by atoms with E-state index in [4.69, 9.17) is 9.47 Å². The minimum atomic E-state index is -0.353. The second kappa shape index (κ2) is 11.4. The summed E-state index contributed by atoms with van der Waals surface area (Å²) in [5.74, 6) is 0.390. The van der Waals surface area contributed by atoms with Crippen LogP contribution in [0, 0.1) is 0 Å². The van der Waals surface area contributed by atoms with Crippen molar-refractivity contribution in [2.45, 2.75) is 6.61 Å². The molecule has 0 unspecified atom stereocenters. The first-order valence-electron chi connectivity index (χ1n) is 10.8.